The Morgan fingerprint density at radius 2 is 1.83 bits per heavy atom. The van der Waals surface area contributed by atoms with E-state index in [2.05, 4.69) is 67.2 Å². The van der Waals surface area contributed by atoms with Crippen LogP contribution in [0.15, 0.2) is 52.3 Å². The molecule has 0 radical (unpaired) electrons. The van der Waals surface area contributed by atoms with E-state index in [1.165, 1.54) is 15.5 Å². The molecule has 0 unspecified atom stereocenters. The van der Waals surface area contributed by atoms with Gasteiger partial charge in [-0.05, 0) is 45.3 Å². The van der Waals surface area contributed by atoms with Gasteiger partial charge in [0.15, 0.2) is 5.78 Å². The van der Waals surface area contributed by atoms with Crippen LogP contribution in [-0.2, 0) is 0 Å². The Labute approximate surface area is 148 Å². The lowest BCUT2D eigenvalue weighted by atomic mass is 10.1. The Kier molecular flexibility index (Phi) is 4.97. The van der Waals surface area contributed by atoms with E-state index in [0.29, 0.717) is 12.5 Å². The molecule has 0 spiro atoms. The predicted octanol–water partition coefficient (Wildman–Crippen LogP) is 4.83. The first-order chi connectivity index (χ1) is 11.5. The molecule has 1 atom stereocenters. The van der Waals surface area contributed by atoms with Gasteiger partial charge in [-0.1, -0.05) is 36.9 Å². The average molecular weight is 340 g/mol. The number of benzene rings is 2. The minimum atomic E-state index is 0.196. The summed E-state index contributed by atoms with van der Waals surface area (Å²) in [5.41, 5.74) is 3.18. The molecule has 0 aromatic heterocycles. The number of Topliss-reactive ketones (excluding diaryl/α,β-unsaturated/α-hetero) is 1. The van der Waals surface area contributed by atoms with Crippen molar-refractivity contribution in [3.8, 4) is 0 Å². The van der Waals surface area contributed by atoms with Crippen molar-refractivity contribution in [1.29, 1.82) is 0 Å². The third-order valence-corrected chi connectivity index (χ3v) is 5.41. The monoisotopic (exact) mass is 340 g/mol. The lowest BCUT2D eigenvalue weighted by Gasteiger charge is -2.38. The standard InChI is InChI=1S/C20H24N2OS/c1-5-18(23)15-10-11-20-17(12-15)22(14(2)13-21(3)4)16-8-6-7-9-19(16)24-20/h6-12,14H,5,13H2,1-4H3/t14-/m0/s1. The second-order valence-corrected chi connectivity index (χ2v) is 7.59. The molecule has 2 aromatic rings. The highest BCUT2D eigenvalue weighted by atomic mass is 32.2. The minimum absolute atomic E-state index is 0.196. The average Bonchev–Trinajstić information content (AvgIpc) is 2.57. The Morgan fingerprint density at radius 3 is 2.54 bits per heavy atom. The molecule has 1 aliphatic rings. The Bertz CT molecular complexity index is 757. The first kappa shape index (κ1) is 17.1. The molecule has 0 bridgehead atoms. The fraction of sp³-hybridized carbons (Fsp3) is 0.350. The van der Waals surface area contributed by atoms with Crippen LogP contribution in [0, 0.1) is 0 Å². The van der Waals surface area contributed by atoms with Gasteiger partial charge < -0.3 is 9.80 Å². The lowest BCUT2D eigenvalue weighted by molar-refractivity contribution is 0.0988. The summed E-state index contributed by atoms with van der Waals surface area (Å²) in [4.78, 5) is 19.2. The number of likely N-dealkylation sites (N-methyl/N-ethyl adjacent to an activating group) is 1. The molecule has 0 saturated heterocycles. The van der Waals surface area contributed by atoms with Crippen LogP contribution in [0.25, 0.3) is 0 Å². The molecule has 24 heavy (non-hydrogen) atoms. The van der Waals surface area contributed by atoms with Gasteiger partial charge in [-0.2, -0.15) is 0 Å². The van der Waals surface area contributed by atoms with E-state index in [1.54, 1.807) is 11.8 Å². The summed E-state index contributed by atoms with van der Waals surface area (Å²) >= 11 is 1.78. The molecule has 1 heterocycles. The SMILES string of the molecule is CCC(=O)c1ccc2c(c1)N([C@@H](C)CN(C)C)c1ccccc1S2. The van der Waals surface area contributed by atoms with Crippen LogP contribution < -0.4 is 4.90 Å². The van der Waals surface area contributed by atoms with E-state index in [9.17, 15) is 4.79 Å². The summed E-state index contributed by atoms with van der Waals surface area (Å²) in [6, 6.07) is 14.9. The molecule has 0 amide bonds. The normalized spacial score (nSPS) is 14.3. The quantitative estimate of drug-likeness (QED) is 0.727. The molecule has 2 aromatic carbocycles. The first-order valence-corrected chi connectivity index (χ1v) is 9.21. The number of ketones is 1. The van der Waals surface area contributed by atoms with E-state index < -0.39 is 0 Å². The molecule has 3 nitrogen and oxygen atoms in total. The molecule has 126 valence electrons. The molecule has 4 heteroatoms. The fourth-order valence-corrected chi connectivity index (χ4v) is 4.30. The van der Waals surface area contributed by atoms with Crippen molar-refractivity contribution in [2.45, 2.75) is 36.1 Å². The molecule has 3 rings (SSSR count). The maximum absolute atomic E-state index is 12.2. The molecular weight excluding hydrogens is 316 g/mol. The van der Waals surface area contributed by atoms with Gasteiger partial charge in [0.25, 0.3) is 0 Å². The van der Waals surface area contributed by atoms with E-state index in [0.717, 1.165) is 17.8 Å². The summed E-state index contributed by atoms with van der Waals surface area (Å²) in [6.45, 7) is 5.10. The smallest absolute Gasteiger partial charge is 0.162 e. The molecular formula is C20H24N2OS. The van der Waals surface area contributed by atoms with Gasteiger partial charge in [0.2, 0.25) is 0 Å². The van der Waals surface area contributed by atoms with Crippen molar-refractivity contribution >= 4 is 28.9 Å². The van der Waals surface area contributed by atoms with Crippen LogP contribution >= 0.6 is 11.8 Å². The van der Waals surface area contributed by atoms with E-state index in [4.69, 9.17) is 0 Å². The summed E-state index contributed by atoms with van der Waals surface area (Å²) in [5.74, 6) is 0.196. The highest BCUT2D eigenvalue weighted by molar-refractivity contribution is 7.99. The number of carbonyl (C=O) groups excluding carboxylic acids is 1. The Hall–Kier alpha value is -1.78. The van der Waals surface area contributed by atoms with Gasteiger partial charge in [-0.25, -0.2) is 0 Å². The van der Waals surface area contributed by atoms with Crippen LogP contribution in [-0.4, -0.2) is 37.4 Å². The van der Waals surface area contributed by atoms with Crippen molar-refractivity contribution < 1.29 is 4.79 Å². The summed E-state index contributed by atoms with van der Waals surface area (Å²) in [6.07, 6.45) is 0.537. The predicted molar refractivity (Wildman–Crippen MR) is 102 cm³/mol. The highest BCUT2D eigenvalue weighted by Crippen LogP contribution is 2.49. The fourth-order valence-electron chi connectivity index (χ4n) is 3.25. The zero-order valence-electron chi connectivity index (χ0n) is 14.7. The first-order valence-electron chi connectivity index (χ1n) is 8.39. The van der Waals surface area contributed by atoms with Gasteiger partial charge in [0.05, 0.1) is 11.4 Å². The Balaban J connectivity index is 2.10. The molecule has 1 aliphatic heterocycles. The van der Waals surface area contributed by atoms with Crippen LogP contribution in [0.1, 0.15) is 30.6 Å². The highest BCUT2D eigenvalue weighted by Gasteiger charge is 2.27. The van der Waals surface area contributed by atoms with Crippen molar-refractivity contribution in [2.75, 3.05) is 25.5 Å². The largest absolute Gasteiger partial charge is 0.335 e. The molecule has 0 N–H and O–H groups in total. The Morgan fingerprint density at radius 1 is 1.12 bits per heavy atom. The molecule has 0 fully saturated rings. The number of nitrogens with zero attached hydrogens (tertiary/aromatic N) is 2. The minimum Gasteiger partial charge on any atom is -0.335 e. The zero-order chi connectivity index (χ0) is 17.3. The third-order valence-electron chi connectivity index (χ3n) is 4.28. The summed E-state index contributed by atoms with van der Waals surface area (Å²) in [7, 11) is 4.19. The van der Waals surface area contributed by atoms with Crippen molar-refractivity contribution in [3.63, 3.8) is 0 Å². The summed E-state index contributed by atoms with van der Waals surface area (Å²) in [5, 5.41) is 0. The van der Waals surface area contributed by atoms with E-state index in [-0.39, 0.29) is 5.78 Å². The van der Waals surface area contributed by atoms with Crippen LogP contribution in [0.3, 0.4) is 0 Å². The van der Waals surface area contributed by atoms with Gasteiger partial charge >= 0.3 is 0 Å². The number of para-hydroxylation sites is 1. The van der Waals surface area contributed by atoms with Gasteiger partial charge in [-0.3, -0.25) is 4.79 Å². The number of hydrogen-bond donors (Lipinski definition) is 0. The number of carbonyl (C=O) groups is 1. The van der Waals surface area contributed by atoms with Crippen molar-refractivity contribution in [1.82, 2.24) is 4.90 Å². The topological polar surface area (TPSA) is 23.6 Å². The molecule has 0 aliphatic carbocycles. The maximum Gasteiger partial charge on any atom is 0.162 e. The van der Waals surface area contributed by atoms with E-state index in [1.807, 2.05) is 13.0 Å². The van der Waals surface area contributed by atoms with Crippen molar-refractivity contribution in [3.05, 3.63) is 48.0 Å². The van der Waals surface area contributed by atoms with Crippen LogP contribution in [0.4, 0.5) is 11.4 Å². The van der Waals surface area contributed by atoms with Gasteiger partial charge in [0.1, 0.15) is 0 Å². The third kappa shape index (κ3) is 3.21. The second-order valence-electron chi connectivity index (χ2n) is 6.51. The summed E-state index contributed by atoms with van der Waals surface area (Å²) < 4.78 is 0. The lowest BCUT2D eigenvalue weighted by Crippen LogP contribution is -2.38. The van der Waals surface area contributed by atoms with Crippen LogP contribution in [0.5, 0.6) is 0 Å². The molecule has 0 saturated carbocycles. The second kappa shape index (κ2) is 6.99. The van der Waals surface area contributed by atoms with Crippen LogP contribution in [0.2, 0.25) is 0 Å². The van der Waals surface area contributed by atoms with Crippen molar-refractivity contribution in [2.24, 2.45) is 0 Å². The maximum atomic E-state index is 12.2. The zero-order valence-corrected chi connectivity index (χ0v) is 15.6. The van der Waals surface area contributed by atoms with E-state index >= 15 is 0 Å². The number of rotatable bonds is 5. The number of hydrogen-bond acceptors (Lipinski definition) is 4. The van der Waals surface area contributed by atoms with Gasteiger partial charge in [0, 0.05) is 34.4 Å². The number of fused-ring (bicyclic) bond motifs is 2. The van der Waals surface area contributed by atoms with Gasteiger partial charge in [-0.15, -0.1) is 0 Å². The number of anilines is 2.